The van der Waals surface area contributed by atoms with Crippen LogP contribution in [0, 0.1) is 30.7 Å². The van der Waals surface area contributed by atoms with Crippen LogP contribution < -0.4 is 0 Å². The van der Waals surface area contributed by atoms with Crippen LogP contribution in [0.1, 0.15) is 5.56 Å². The number of nitrogens with zero attached hydrogens (tertiary/aromatic N) is 2. The summed E-state index contributed by atoms with van der Waals surface area (Å²) in [7, 11) is 0. The molecule has 0 saturated carbocycles. The zero-order chi connectivity index (χ0) is 23.0. The first-order chi connectivity index (χ1) is 16.1. The Hall–Kier alpha value is -3.53. The normalized spacial score (nSPS) is 9.97. The Balaban J connectivity index is 0.000000212. The van der Waals surface area contributed by atoms with Crippen LogP contribution in [-0.4, -0.2) is 9.97 Å². The summed E-state index contributed by atoms with van der Waals surface area (Å²) in [5, 5.41) is 0. The van der Waals surface area contributed by atoms with Crippen molar-refractivity contribution in [1.29, 1.82) is 0 Å². The van der Waals surface area contributed by atoms with Crippen molar-refractivity contribution in [3.8, 4) is 33.6 Å². The van der Waals surface area contributed by atoms with E-state index in [4.69, 9.17) is 0 Å². The quantitative estimate of drug-likeness (QED) is 0.196. The van der Waals surface area contributed by atoms with Gasteiger partial charge in [0.1, 0.15) is 0 Å². The number of hydrogen-bond acceptors (Lipinski definition) is 2. The minimum absolute atomic E-state index is 0. The second-order valence-corrected chi connectivity index (χ2v) is 7.28. The molecule has 34 heavy (non-hydrogen) atoms. The molecule has 3 aromatic carbocycles. The van der Waals surface area contributed by atoms with Gasteiger partial charge in [0, 0.05) is 32.5 Å². The molecule has 0 atom stereocenters. The summed E-state index contributed by atoms with van der Waals surface area (Å²) in [5.41, 5.74) is 6.10. The first kappa shape index (κ1) is 25.1. The van der Waals surface area contributed by atoms with Crippen molar-refractivity contribution in [2.24, 2.45) is 0 Å². The molecule has 171 valence electrons. The van der Waals surface area contributed by atoms with Crippen LogP contribution in [0.3, 0.4) is 0 Å². The Morgan fingerprint density at radius 3 is 2.15 bits per heavy atom. The number of hydrogen-bond donors (Lipinski definition) is 0. The molecule has 0 spiro atoms. The van der Waals surface area contributed by atoms with E-state index in [9.17, 15) is 8.78 Å². The van der Waals surface area contributed by atoms with E-state index in [1.807, 2.05) is 85.8 Å². The van der Waals surface area contributed by atoms with Crippen molar-refractivity contribution in [1.82, 2.24) is 9.97 Å². The predicted molar refractivity (Wildman–Crippen MR) is 127 cm³/mol. The molecule has 0 fully saturated rings. The van der Waals surface area contributed by atoms with E-state index in [1.54, 1.807) is 12.4 Å². The van der Waals surface area contributed by atoms with Gasteiger partial charge in [-0.25, -0.2) is 4.39 Å². The first-order valence-corrected chi connectivity index (χ1v) is 10.4. The SMILES string of the molecule is Cc1cnc(-c2[c-]cc(F)c(F)c2)cc1-c1ccccc1.[Ir].[c-]1ccccc1-c1ccccn1. The van der Waals surface area contributed by atoms with E-state index in [-0.39, 0.29) is 20.1 Å². The Kier molecular flexibility index (Phi) is 8.92. The van der Waals surface area contributed by atoms with Gasteiger partial charge in [0.25, 0.3) is 0 Å². The minimum Gasteiger partial charge on any atom is -0.305 e. The van der Waals surface area contributed by atoms with E-state index in [0.717, 1.165) is 40.1 Å². The van der Waals surface area contributed by atoms with Gasteiger partial charge in [-0.1, -0.05) is 48.5 Å². The molecule has 0 aliphatic heterocycles. The van der Waals surface area contributed by atoms with Crippen LogP contribution >= 0.6 is 0 Å². The van der Waals surface area contributed by atoms with Crippen LogP contribution in [0.25, 0.3) is 33.6 Å². The van der Waals surface area contributed by atoms with Crippen molar-refractivity contribution in [2.45, 2.75) is 6.92 Å². The third-order valence-corrected chi connectivity index (χ3v) is 4.97. The predicted octanol–water partition coefficient (Wildman–Crippen LogP) is 7.35. The van der Waals surface area contributed by atoms with Gasteiger partial charge in [-0.3, -0.25) is 4.39 Å². The molecule has 0 aliphatic carbocycles. The van der Waals surface area contributed by atoms with Gasteiger partial charge in [-0.05, 0) is 41.1 Å². The monoisotopic (exact) mass is 627 g/mol. The van der Waals surface area contributed by atoms with E-state index < -0.39 is 11.6 Å². The van der Waals surface area contributed by atoms with Gasteiger partial charge in [0.2, 0.25) is 0 Å². The Morgan fingerprint density at radius 1 is 0.706 bits per heavy atom. The first-order valence-electron chi connectivity index (χ1n) is 10.4. The third kappa shape index (κ3) is 6.28. The summed E-state index contributed by atoms with van der Waals surface area (Å²) in [4.78, 5) is 8.50. The molecule has 0 bridgehead atoms. The number of aryl methyl sites for hydroxylation is 1. The van der Waals surface area contributed by atoms with E-state index in [2.05, 4.69) is 22.1 Å². The molecule has 2 aromatic heterocycles. The number of pyridine rings is 2. The summed E-state index contributed by atoms with van der Waals surface area (Å²) in [5.74, 6) is -1.80. The van der Waals surface area contributed by atoms with Crippen LogP contribution in [-0.2, 0) is 20.1 Å². The second kappa shape index (κ2) is 12.1. The topological polar surface area (TPSA) is 25.8 Å². The average Bonchev–Trinajstić information content (AvgIpc) is 2.88. The fourth-order valence-corrected chi connectivity index (χ4v) is 3.27. The fourth-order valence-electron chi connectivity index (χ4n) is 3.27. The van der Waals surface area contributed by atoms with Crippen LogP contribution in [0.2, 0.25) is 0 Å². The van der Waals surface area contributed by atoms with Crippen LogP contribution in [0.5, 0.6) is 0 Å². The van der Waals surface area contributed by atoms with E-state index in [1.165, 1.54) is 0 Å². The molecule has 5 rings (SSSR count). The minimum atomic E-state index is -0.908. The van der Waals surface area contributed by atoms with Gasteiger partial charge in [-0.2, -0.15) is 0 Å². The Bertz CT molecular complexity index is 1290. The standard InChI is InChI=1S/C18H12F2N.C11H8N.Ir/c1-12-11-21-18(14-7-8-16(19)17(20)9-14)10-15(12)13-5-3-2-4-6-13;1-2-6-10(7-3-1)11-8-4-5-9-12-11;/h2-6,8-11H,1H3;1-6,8-9H;/q2*-1;. The molecule has 1 radical (unpaired) electrons. The van der Waals surface area contributed by atoms with Crippen LogP contribution in [0.4, 0.5) is 8.78 Å². The molecule has 5 heteroatoms. The van der Waals surface area contributed by atoms with Gasteiger partial charge in [-0.15, -0.1) is 59.7 Å². The summed E-state index contributed by atoms with van der Waals surface area (Å²) in [6, 6.07) is 33.4. The maximum atomic E-state index is 13.3. The molecule has 5 aromatic rings. The van der Waals surface area contributed by atoms with Gasteiger partial charge >= 0.3 is 0 Å². The molecule has 0 amide bonds. The largest absolute Gasteiger partial charge is 0.305 e. The van der Waals surface area contributed by atoms with Gasteiger partial charge < -0.3 is 9.97 Å². The second-order valence-electron chi connectivity index (χ2n) is 7.28. The molecule has 2 nitrogen and oxygen atoms in total. The van der Waals surface area contributed by atoms with Gasteiger partial charge in [0.05, 0.1) is 11.6 Å². The summed E-state index contributed by atoms with van der Waals surface area (Å²) in [6.07, 6.45) is 3.52. The zero-order valence-electron chi connectivity index (χ0n) is 18.3. The number of halogens is 2. The average molecular weight is 627 g/mol. The van der Waals surface area contributed by atoms with Crippen molar-refractivity contribution >= 4 is 0 Å². The summed E-state index contributed by atoms with van der Waals surface area (Å²) < 4.78 is 26.3. The smallest absolute Gasteiger partial charge is 0.0765 e. The van der Waals surface area contributed by atoms with Crippen LogP contribution in [0.15, 0.2) is 103 Å². The Morgan fingerprint density at radius 2 is 1.47 bits per heavy atom. The molecule has 0 N–H and O–H groups in total. The van der Waals surface area contributed by atoms with Gasteiger partial charge in [0.15, 0.2) is 0 Å². The number of benzene rings is 3. The van der Waals surface area contributed by atoms with E-state index >= 15 is 0 Å². The van der Waals surface area contributed by atoms with E-state index in [0.29, 0.717) is 11.3 Å². The molecule has 0 unspecified atom stereocenters. The molecule has 0 aliphatic rings. The van der Waals surface area contributed by atoms with Crippen molar-refractivity contribution < 1.29 is 28.9 Å². The maximum Gasteiger partial charge on any atom is 0.0765 e. The molecule has 0 saturated heterocycles. The van der Waals surface area contributed by atoms with Crippen molar-refractivity contribution in [2.75, 3.05) is 0 Å². The number of aromatic nitrogens is 2. The van der Waals surface area contributed by atoms with Crippen molar-refractivity contribution in [3.05, 3.63) is 133 Å². The number of rotatable bonds is 3. The Labute approximate surface area is 211 Å². The van der Waals surface area contributed by atoms with Crippen molar-refractivity contribution in [3.63, 3.8) is 0 Å². The third-order valence-electron chi connectivity index (χ3n) is 4.97. The molecule has 2 heterocycles. The molecular weight excluding hydrogens is 607 g/mol. The summed E-state index contributed by atoms with van der Waals surface area (Å²) in [6.45, 7) is 1.97. The fraction of sp³-hybridized carbons (Fsp3) is 0.0345. The maximum absolute atomic E-state index is 13.3. The zero-order valence-corrected chi connectivity index (χ0v) is 20.7. The summed E-state index contributed by atoms with van der Waals surface area (Å²) >= 11 is 0. The molecular formula is C29H20F2IrN2-2.